The third-order valence-corrected chi connectivity index (χ3v) is 2.61. The number of hydrogen-bond acceptors (Lipinski definition) is 3. The van der Waals surface area contributed by atoms with Crippen LogP contribution in [0.5, 0.6) is 0 Å². The highest BCUT2D eigenvalue weighted by Gasteiger charge is 2.06. The first-order valence-electron chi connectivity index (χ1n) is 5.52. The predicted octanol–water partition coefficient (Wildman–Crippen LogP) is 0.791. The van der Waals surface area contributed by atoms with E-state index in [2.05, 4.69) is 23.4 Å². The minimum absolute atomic E-state index is 0.0121. The first-order chi connectivity index (χ1) is 7.15. The number of nitrogens with two attached hydrogens (primary N) is 1. The van der Waals surface area contributed by atoms with Crippen molar-refractivity contribution in [1.82, 2.24) is 9.55 Å². The van der Waals surface area contributed by atoms with Gasteiger partial charge in [0.25, 0.3) is 0 Å². The second-order valence-corrected chi connectivity index (χ2v) is 4.22. The van der Waals surface area contributed by atoms with Gasteiger partial charge in [-0.2, -0.15) is 0 Å². The number of imidazole rings is 1. The summed E-state index contributed by atoms with van der Waals surface area (Å²) >= 11 is 0. The fourth-order valence-electron chi connectivity index (χ4n) is 1.43. The van der Waals surface area contributed by atoms with E-state index in [9.17, 15) is 0 Å². The number of hydrogen-bond donors (Lipinski definition) is 2. The number of aromatic nitrogens is 2. The van der Waals surface area contributed by atoms with Crippen LogP contribution in [0.25, 0.3) is 0 Å². The summed E-state index contributed by atoms with van der Waals surface area (Å²) in [6, 6.07) is -0.197. The van der Waals surface area contributed by atoms with Crippen LogP contribution in [0, 0.1) is 5.92 Å². The largest absolute Gasteiger partial charge is 0.395 e. The van der Waals surface area contributed by atoms with Crippen molar-refractivity contribution in [2.24, 2.45) is 11.7 Å². The van der Waals surface area contributed by atoms with Gasteiger partial charge in [-0.25, -0.2) is 4.98 Å². The topological polar surface area (TPSA) is 64.1 Å². The van der Waals surface area contributed by atoms with Crippen molar-refractivity contribution in [1.29, 1.82) is 0 Å². The van der Waals surface area contributed by atoms with E-state index >= 15 is 0 Å². The molecule has 15 heavy (non-hydrogen) atoms. The van der Waals surface area contributed by atoms with Gasteiger partial charge in [0.05, 0.1) is 18.6 Å². The molecule has 1 heterocycles. The van der Waals surface area contributed by atoms with Crippen molar-refractivity contribution in [3.63, 3.8) is 0 Å². The lowest BCUT2D eigenvalue weighted by molar-refractivity contribution is 0.264. The van der Waals surface area contributed by atoms with E-state index in [-0.39, 0.29) is 12.6 Å². The number of rotatable bonds is 6. The average Bonchev–Trinajstić information content (AvgIpc) is 2.65. The molecule has 0 aliphatic rings. The zero-order valence-corrected chi connectivity index (χ0v) is 9.56. The van der Waals surface area contributed by atoms with Gasteiger partial charge in [-0.15, -0.1) is 0 Å². The molecule has 1 aromatic heterocycles. The summed E-state index contributed by atoms with van der Waals surface area (Å²) in [6.07, 6.45) is 5.67. The summed E-state index contributed by atoms with van der Waals surface area (Å²) < 4.78 is 2.09. The molecule has 0 radical (unpaired) electrons. The normalized spacial score (nSPS) is 15.2. The zero-order chi connectivity index (χ0) is 11.3. The van der Waals surface area contributed by atoms with E-state index < -0.39 is 0 Å². The molecular formula is C11H21N3O. The lowest BCUT2D eigenvalue weighted by Crippen LogP contribution is -2.26. The van der Waals surface area contributed by atoms with E-state index in [0.29, 0.717) is 12.3 Å². The minimum atomic E-state index is -0.197. The summed E-state index contributed by atoms with van der Waals surface area (Å²) in [5.41, 5.74) is 6.60. The molecule has 0 saturated carbocycles. The van der Waals surface area contributed by atoms with E-state index in [1.807, 2.05) is 12.5 Å². The van der Waals surface area contributed by atoms with Crippen LogP contribution in [0.1, 0.15) is 26.0 Å². The Morgan fingerprint density at radius 2 is 2.33 bits per heavy atom. The van der Waals surface area contributed by atoms with E-state index in [4.69, 9.17) is 10.8 Å². The Kier molecular flexibility index (Phi) is 4.78. The molecular weight excluding hydrogens is 190 g/mol. The molecule has 2 unspecified atom stereocenters. The van der Waals surface area contributed by atoms with E-state index in [1.54, 1.807) is 0 Å². The molecule has 0 spiro atoms. The maximum Gasteiger partial charge on any atom is 0.0949 e. The number of nitrogens with zero attached hydrogens (tertiary/aromatic N) is 2. The van der Waals surface area contributed by atoms with Crippen molar-refractivity contribution < 1.29 is 5.11 Å². The van der Waals surface area contributed by atoms with Gasteiger partial charge in [-0.1, -0.05) is 20.3 Å². The van der Waals surface area contributed by atoms with Gasteiger partial charge in [-0.3, -0.25) is 0 Å². The maximum absolute atomic E-state index is 8.83. The molecule has 0 aliphatic carbocycles. The van der Waals surface area contributed by atoms with Crippen molar-refractivity contribution in [2.75, 3.05) is 6.61 Å². The molecule has 0 saturated heterocycles. The summed E-state index contributed by atoms with van der Waals surface area (Å²) in [7, 11) is 0. The van der Waals surface area contributed by atoms with Crippen LogP contribution in [-0.4, -0.2) is 27.3 Å². The van der Waals surface area contributed by atoms with Crippen LogP contribution in [-0.2, 0) is 13.0 Å². The average molecular weight is 211 g/mol. The molecule has 4 nitrogen and oxygen atoms in total. The molecule has 0 aromatic carbocycles. The van der Waals surface area contributed by atoms with Crippen LogP contribution in [0.4, 0.5) is 0 Å². The lowest BCUT2D eigenvalue weighted by atomic mass is 10.1. The Balaban J connectivity index is 2.49. The van der Waals surface area contributed by atoms with Crippen molar-refractivity contribution in [3.05, 3.63) is 18.2 Å². The second-order valence-electron chi connectivity index (χ2n) is 4.22. The first-order valence-corrected chi connectivity index (χ1v) is 5.52. The molecule has 0 fully saturated rings. The van der Waals surface area contributed by atoms with Crippen molar-refractivity contribution >= 4 is 0 Å². The van der Waals surface area contributed by atoms with Crippen LogP contribution < -0.4 is 5.73 Å². The quantitative estimate of drug-likeness (QED) is 0.731. The van der Waals surface area contributed by atoms with Crippen LogP contribution in [0.3, 0.4) is 0 Å². The highest BCUT2D eigenvalue weighted by molar-refractivity contribution is 4.99. The number of aliphatic hydroxyl groups is 1. The molecule has 0 bridgehead atoms. The molecule has 86 valence electrons. The maximum atomic E-state index is 8.83. The van der Waals surface area contributed by atoms with Crippen LogP contribution >= 0.6 is 0 Å². The summed E-state index contributed by atoms with van der Waals surface area (Å²) in [4.78, 5) is 4.26. The molecule has 0 aliphatic heterocycles. The Bertz CT molecular complexity index is 259. The van der Waals surface area contributed by atoms with Gasteiger partial charge in [0, 0.05) is 25.2 Å². The highest BCUT2D eigenvalue weighted by Crippen LogP contribution is 2.06. The van der Waals surface area contributed by atoms with E-state index in [0.717, 1.165) is 12.2 Å². The van der Waals surface area contributed by atoms with Gasteiger partial charge in [0.2, 0.25) is 0 Å². The third kappa shape index (κ3) is 4.01. The van der Waals surface area contributed by atoms with Crippen molar-refractivity contribution in [3.8, 4) is 0 Å². The predicted molar refractivity (Wildman–Crippen MR) is 60.4 cm³/mol. The Morgan fingerprint density at radius 3 is 2.93 bits per heavy atom. The zero-order valence-electron chi connectivity index (χ0n) is 9.56. The molecule has 1 aromatic rings. The van der Waals surface area contributed by atoms with Crippen LogP contribution in [0.2, 0.25) is 0 Å². The summed E-state index contributed by atoms with van der Waals surface area (Å²) in [6.45, 7) is 5.42. The van der Waals surface area contributed by atoms with Gasteiger partial charge < -0.3 is 15.4 Å². The number of aliphatic hydroxyl groups excluding tert-OH is 1. The van der Waals surface area contributed by atoms with E-state index in [1.165, 1.54) is 6.42 Å². The Labute approximate surface area is 91.1 Å². The molecule has 3 N–H and O–H groups in total. The third-order valence-electron chi connectivity index (χ3n) is 2.61. The van der Waals surface area contributed by atoms with Gasteiger partial charge in [-0.05, 0) is 5.92 Å². The molecule has 4 heteroatoms. The molecule has 1 rings (SSSR count). The fraction of sp³-hybridized carbons (Fsp3) is 0.727. The minimum Gasteiger partial charge on any atom is -0.395 e. The van der Waals surface area contributed by atoms with Crippen molar-refractivity contribution in [2.45, 2.75) is 39.3 Å². The SMILES string of the molecule is CCC(C)Cn1cnc(CC(N)CO)c1. The van der Waals surface area contributed by atoms with Gasteiger partial charge >= 0.3 is 0 Å². The highest BCUT2D eigenvalue weighted by atomic mass is 16.3. The summed E-state index contributed by atoms with van der Waals surface area (Å²) in [5.74, 6) is 0.665. The lowest BCUT2D eigenvalue weighted by Gasteiger charge is -2.08. The smallest absolute Gasteiger partial charge is 0.0949 e. The molecule has 2 atom stereocenters. The summed E-state index contributed by atoms with van der Waals surface area (Å²) in [5, 5.41) is 8.83. The first kappa shape index (κ1) is 12.2. The monoisotopic (exact) mass is 211 g/mol. The standard InChI is InChI=1S/C11H21N3O/c1-3-9(2)5-14-6-11(13-8-14)4-10(12)7-15/h6,8-10,15H,3-5,7,12H2,1-2H3. The fourth-order valence-corrected chi connectivity index (χ4v) is 1.43. The Morgan fingerprint density at radius 1 is 1.60 bits per heavy atom. The van der Waals surface area contributed by atoms with Gasteiger partial charge in [0.1, 0.15) is 0 Å². The second kappa shape index (κ2) is 5.88. The molecule has 0 amide bonds. The van der Waals surface area contributed by atoms with Crippen LogP contribution in [0.15, 0.2) is 12.5 Å². The Hall–Kier alpha value is -0.870. The van der Waals surface area contributed by atoms with Gasteiger partial charge in [0.15, 0.2) is 0 Å².